The quantitative estimate of drug-likeness (QED) is 0.469. The van der Waals surface area contributed by atoms with Crippen molar-refractivity contribution in [1.82, 2.24) is 25.1 Å². The third-order valence-corrected chi connectivity index (χ3v) is 2.92. The Hall–Kier alpha value is 0.190. The Morgan fingerprint density at radius 2 is 1.31 bits per heavy atom. The summed E-state index contributed by atoms with van der Waals surface area (Å²) >= 11 is 0. The minimum Gasteiger partial charge on any atom is -0.282 e. The molecule has 0 aliphatic carbocycles. The minimum absolute atomic E-state index is 0.901. The lowest BCUT2D eigenvalue weighted by Gasteiger charge is -2.38. The van der Waals surface area contributed by atoms with Crippen molar-refractivity contribution in [2.45, 2.75) is 0 Å². The fourth-order valence-corrected chi connectivity index (χ4v) is 2.25. The maximum absolute atomic E-state index is 5.98. The molecule has 1 atom stereocenters. The van der Waals surface area contributed by atoms with Gasteiger partial charge in [0.2, 0.25) is 0 Å². The number of hydrazine groups is 3. The molecule has 7 heteroatoms. The van der Waals surface area contributed by atoms with E-state index in [4.69, 9.17) is 5.50 Å². The van der Waals surface area contributed by atoms with Gasteiger partial charge in [0.25, 0.3) is 0 Å². The van der Waals surface area contributed by atoms with Crippen molar-refractivity contribution in [2.75, 3.05) is 42.3 Å². The first kappa shape index (κ1) is 13.2. The SMILES string of the molecule is CN(C)NP(N)N(N(C)C)N(C)C. The van der Waals surface area contributed by atoms with Crippen LogP contribution in [0.5, 0.6) is 0 Å². The molecule has 0 spiro atoms. The molecule has 0 amide bonds. The van der Waals surface area contributed by atoms with Crippen molar-refractivity contribution < 1.29 is 0 Å². The van der Waals surface area contributed by atoms with Crippen molar-refractivity contribution in [1.29, 1.82) is 0 Å². The molecule has 6 nitrogen and oxygen atoms in total. The van der Waals surface area contributed by atoms with E-state index in [2.05, 4.69) is 5.20 Å². The average Bonchev–Trinajstić information content (AvgIpc) is 1.81. The third kappa shape index (κ3) is 4.83. The van der Waals surface area contributed by atoms with Crippen LogP contribution in [-0.2, 0) is 0 Å². The van der Waals surface area contributed by atoms with Gasteiger partial charge in [-0.2, -0.15) is 0 Å². The molecule has 0 aromatic rings. The van der Waals surface area contributed by atoms with E-state index in [1.54, 1.807) is 0 Å². The molecule has 0 fully saturated rings. The summed E-state index contributed by atoms with van der Waals surface area (Å²) in [4.78, 5) is 1.95. The van der Waals surface area contributed by atoms with Gasteiger partial charge in [-0.05, 0) is 0 Å². The summed E-state index contributed by atoms with van der Waals surface area (Å²) in [6.45, 7) is 0. The van der Waals surface area contributed by atoms with E-state index in [0.29, 0.717) is 0 Å². The highest BCUT2D eigenvalue weighted by molar-refractivity contribution is 7.50. The van der Waals surface area contributed by atoms with Crippen molar-refractivity contribution in [3.8, 4) is 0 Å². The first-order chi connectivity index (χ1) is 5.86. The molecule has 0 aliphatic rings. The number of hydrogen-bond donors (Lipinski definition) is 2. The van der Waals surface area contributed by atoms with E-state index in [1.807, 2.05) is 62.2 Å². The van der Waals surface area contributed by atoms with Gasteiger partial charge in [0, 0.05) is 42.3 Å². The van der Waals surface area contributed by atoms with Gasteiger partial charge in [-0.3, -0.25) is 5.50 Å². The average molecular weight is 208 g/mol. The second-order valence-electron chi connectivity index (χ2n) is 3.30. The van der Waals surface area contributed by atoms with Crippen LogP contribution < -0.4 is 10.7 Å². The minimum atomic E-state index is -0.901. The summed E-state index contributed by atoms with van der Waals surface area (Å²) in [7, 11) is 10.8. The molecule has 0 rings (SSSR count). The summed E-state index contributed by atoms with van der Waals surface area (Å²) in [5.41, 5.74) is 5.98. The Bertz CT molecular complexity index is 131. The van der Waals surface area contributed by atoms with Crippen LogP contribution in [0, 0.1) is 0 Å². The molecule has 13 heavy (non-hydrogen) atoms. The number of nitrogens with two attached hydrogens (primary N) is 1. The Balaban J connectivity index is 4.20. The molecule has 0 radical (unpaired) electrons. The summed E-state index contributed by atoms with van der Waals surface area (Å²) in [6, 6.07) is 0. The smallest absolute Gasteiger partial charge is 0.156 e. The Kier molecular flexibility index (Phi) is 5.91. The topological polar surface area (TPSA) is 51.0 Å². The van der Waals surface area contributed by atoms with Crippen molar-refractivity contribution in [3.63, 3.8) is 0 Å². The molecule has 0 aromatic carbocycles. The van der Waals surface area contributed by atoms with Crippen LogP contribution in [0.3, 0.4) is 0 Å². The van der Waals surface area contributed by atoms with Crippen LogP contribution in [0.25, 0.3) is 0 Å². The van der Waals surface area contributed by atoms with E-state index in [9.17, 15) is 0 Å². The van der Waals surface area contributed by atoms with Gasteiger partial charge in [-0.25, -0.2) is 20.2 Å². The zero-order valence-corrected chi connectivity index (χ0v) is 10.2. The molecular weight excluding hydrogens is 187 g/mol. The fraction of sp³-hybridized carbons (Fsp3) is 1.00. The van der Waals surface area contributed by atoms with Crippen molar-refractivity contribution >= 4 is 8.37 Å². The highest BCUT2D eigenvalue weighted by Gasteiger charge is 2.19. The zero-order valence-electron chi connectivity index (χ0n) is 9.31. The molecule has 1 unspecified atom stereocenters. The standard InChI is InChI=1S/C6H21N6P/c1-9(2)8-13(7)12(10(3)4)11(5)6/h8H,7H2,1-6H3. The van der Waals surface area contributed by atoms with E-state index in [0.717, 1.165) is 0 Å². The largest absolute Gasteiger partial charge is 0.282 e. The molecule has 0 saturated heterocycles. The maximum atomic E-state index is 5.98. The molecular formula is C6H21N6P. The molecule has 0 bridgehead atoms. The van der Waals surface area contributed by atoms with E-state index < -0.39 is 8.37 Å². The Labute approximate surface area is 82.1 Å². The summed E-state index contributed by atoms with van der Waals surface area (Å²) in [5, 5.41) is 8.87. The van der Waals surface area contributed by atoms with E-state index >= 15 is 0 Å². The molecule has 80 valence electrons. The predicted octanol–water partition coefficient (Wildman–Crippen LogP) is -0.507. The fourth-order valence-electron chi connectivity index (χ4n) is 0.988. The first-order valence-corrected chi connectivity index (χ1v) is 5.35. The van der Waals surface area contributed by atoms with Gasteiger partial charge in [-0.15, -0.1) is 4.89 Å². The number of rotatable bonds is 5. The summed E-state index contributed by atoms with van der Waals surface area (Å²) < 4.78 is 0. The van der Waals surface area contributed by atoms with Gasteiger partial charge >= 0.3 is 0 Å². The predicted molar refractivity (Wildman–Crippen MR) is 57.1 cm³/mol. The molecule has 0 aromatic heterocycles. The third-order valence-electron chi connectivity index (χ3n) is 1.21. The van der Waals surface area contributed by atoms with E-state index in [1.165, 1.54) is 0 Å². The summed E-state index contributed by atoms with van der Waals surface area (Å²) in [6.07, 6.45) is 0. The lowest BCUT2D eigenvalue weighted by Crippen LogP contribution is -2.48. The van der Waals surface area contributed by atoms with Crippen LogP contribution >= 0.6 is 8.37 Å². The Morgan fingerprint density at radius 1 is 0.923 bits per heavy atom. The van der Waals surface area contributed by atoms with Gasteiger partial charge < -0.3 is 0 Å². The highest BCUT2D eigenvalue weighted by atomic mass is 31.1. The van der Waals surface area contributed by atoms with Crippen LogP contribution in [0.2, 0.25) is 0 Å². The maximum Gasteiger partial charge on any atom is 0.156 e. The van der Waals surface area contributed by atoms with Crippen molar-refractivity contribution in [2.24, 2.45) is 5.50 Å². The molecule has 3 N–H and O–H groups in total. The van der Waals surface area contributed by atoms with Crippen molar-refractivity contribution in [3.05, 3.63) is 0 Å². The Morgan fingerprint density at radius 3 is 1.54 bits per heavy atom. The van der Waals surface area contributed by atoms with Crippen LogP contribution in [-0.4, -0.2) is 62.2 Å². The monoisotopic (exact) mass is 208 g/mol. The number of hydrogen-bond acceptors (Lipinski definition) is 6. The lowest BCUT2D eigenvalue weighted by molar-refractivity contribution is -0.0435. The molecule has 0 aliphatic heterocycles. The molecule has 0 saturated carbocycles. The van der Waals surface area contributed by atoms with Gasteiger partial charge in [0.15, 0.2) is 8.37 Å². The second-order valence-corrected chi connectivity index (χ2v) is 4.55. The zero-order chi connectivity index (χ0) is 10.6. The van der Waals surface area contributed by atoms with E-state index in [-0.39, 0.29) is 0 Å². The lowest BCUT2D eigenvalue weighted by atomic mass is 11.1. The second kappa shape index (κ2) is 5.82. The van der Waals surface area contributed by atoms with Gasteiger partial charge in [0.1, 0.15) is 0 Å². The number of nitrogens with zero attached hydrogens (tertiary/aromatic N) is 4. The normalized spacial score (nSPS) is 15.0. The first-order valence-electron chi connectivity index (χ1n) is 3.99. The van der Waals surface area contributed by atoms with Crippen LogP contribution in [0.1, 0.15) is 0 Å². The van der Waals surface area contributed by atoms with Gasteiger partial charge in [0.05, 0.1) is 0 Å². The number of nitrogens with one attached hydrogen (secondary N) is 1. The van der Waals surface area contributed by atoms with Crippen LogP contribution in [0.4, 0.5) is 0 Å². The highest BCUT2D eigenvalue weighted by Crippen LogP contribution is 2.27. The summed E-state index contributed by atoms with van der Waals surface area (Å²) in [5.74, 6) is 0. The van der Waals surface area contributed by atoms with Gasteiger partial charge in [-0.1, -0.05) is 0 Å². The van der Waals surface area contributed by atoms with Crippen LogP contribution in [0.15, 0.2) is 0 Å². The molecule has 0 heterocycles.